The summed E-state index contributed by atoms with van der Waals surface area (Å²) in [6.45, 7) is 5.33. The minimum absolute atomic E-state index is 0.0210. The first-order chi connectivity index (χ1) is 16.9. The van der Waals surface area contributed by atoms with Gasteiger partial charge in [0.2, 0.25) is 0 Å². The van der Waals surface area contributed by atoms with E-state index in [1.165, 1.54) is 38.5 Å². The van der Waals surface area contributed by atoms with Gasteiger partial charge in [-0.15, -0.1) is 0 Å². The van der Waals surface area contributed by atoms with E-state index >= 15 is 0 Å². The first kappa shape index (κ1) is 26.3. The third-order valence-corrected chi connectivity index (χ3v) is 5.31. The minimum atomic E-state index is -0.676. The summed E-state index contributed by atoms with van der Waals surface area (Å²) in [6, 6.07) is 14.4. The Hall–Kier alpha value is -4.33. The number of rotatable bonds is 6. The zero-order valence-electron chi connectivity index (χ0n) is 20.7. The van der Waals surface area contributed by atoms with Crippen molar-refractivity contribution in [1.82, 2.24) is 0 Å². The van der Waals surface area contributed by atoms with Gasteiger partial charge in [-0.1, -0.05) is 24.3 Å². The third-order valence-electron chi connectivity index (χ3n) is 5.31. The number of phenolic OH excluding ortho intramolecular Hbond substituents is 2. The Kier molecular flexibility index (Phi) is 7.68. The monoisotopic (exact) mass is 492 g/mol. The molecule has 3 aromatic carbocycles. The van der Waals surface area contributed by atoms with E-state index in [9.17, 15) is 24.6 Å². The maximum atomic E-state index is 12.7. The van der Waals surface area contributed by atoms with Crippen molar-refractivity contribution in [2.24, 2.45) is 0 Å². The lowest BCUT2D eigenvalue weighted by Gasteiger charge is -2.20. The van der Waals surface area contributed by atoms with Crippen molar-refractivity contribution in [2.45, 2.75) is 32.8 Å². The Morgan fingerprint density at radius 3 is 1.69 bits per heavy atom. The maximum Gasteiger partial charge on any atom is 0.341 e. The fourth-order valence-electron chi connectivity index (χ4n) is 3.71. The van der Waals surface area contributed by atoms with Gasteiger partial charge in [0.05, 0.1) is 20.6 Å². The predicted octanol–water partition coefficient (Wildman–Crippen LogP) is 4.89. The molecule has 0 aliphatic carbocycles. The van der Waals surface area contributed by atoms with Gasteiger partial charge in [0.1, 0.15) is 28.2 Å². The molecule has 0 spiro atoms. The highest BCUT2D eigenvalue weighted by Gasteiger charge is 2.20. The van der Waals surface area contributed by atoms with Crippen molar-refractivity contribution in [2.75, 3.05) is 14.2 Å². The number of carbonyl (C=O) groups is 3. The third kappa shape index (κ3) is 6.02. The molecule has 0 unspecified atom stereocenters. The number of phenols is 2. The summed E-state index contributed by atoms with van der Waals surface area (Å²) in [7, 11) is 2.45. The molecule has 0 fully saturated rings. The Morgan fingerprint density at radius 2 is 1.19 bits per heavy atom. The van der Waals surface area contributed by atoms with Gasteiger partial charge in [-0.3, -0.25) is 4.79 Å². The van der Waals surface area contributed by atoms with Crippen LogP contribution >= 0.6 is 0 Å². The fraction of sp³-hybridized carbons (Fsp3) is 0.250. The van der Waals surface area contributed by atoms with Gasteiger partial charge in [-0.05, 0) is 78.9 Å². The van der Waals surface area contributed by atoms with Crippen LogP contribution in [0.15, 0.2) is 54.6 Å². The number of benzene rings is 3. The van der Waals surface area contributed by atoms with Crippen LogP contribution in [-0.4, -0.2) is 47.9 Å². The molecule has 3 aromatic rings. The summed E-state index contributed by atoms with van der Waals surface area (Å²) in [5, 5.41) is 20.7. The van der Waals surface area contributed by atoms with Crippen molar-refractivity contribution in [3.63, 3.8) is 0 Å². The number of carbonyl (C=O) groups excluding carboxylic acids is 3. The summed E-state index contributed by atoms with van der Waals surface area (Å²) < 4.78 is 14.9. The van der Waals surface area contributed by atoms with E-state index in [4.69, 9.17) is 4.74 Å². The zero-order valence-corrected chi connectivity index (χ0v) is 20.7. The van der Waals surface area contributed by atoms with Crippen molar-refractivity contribution in [1.29, 1.82) is 0 Å². The molecule has 8 heteroatoms. The molecule has 0 heterocycles. The van der Waals surface area contributed by atoms with Crippen LogP contribution in [0.5, 0.6) is 11.5 Å². The van der Waals surface area contributed by atoms with E-state index in [0.717, 1.165) is 0 Å². The lowest BCUT2D eigenvalue weighted by atomic mass is 9.92. The molecule has 0 aliphatic heterocycles. The molecule has 8 nitrogen and oxygen atoms in total. The standard InChI is InChI=1S/C28H28O8/c1-28(2,3)36-25(31)15-19-12-16(17-7-10-21(23(29)13-17)26(32)34-4)6-9-20(19)18-8-11-22(24(30)14-18)27(33)35-5/h6-14,29-30H,15H2,1-5H3. The number of methoxy groups -OCH3 is 2. The number of esters is 3. The topological polar surface area (TPSA) is 119 Å². The SMILES string of the molecule is COC(=O)c1ccc(-c2ccc(-c3ccc(C(=O)OC)c(O)c3)c(CC(=O)OC(C)(C)C)c2)cc1O. The minimum Gasteiger partial charge on any atom is -0.507 e. The molecule has 0 saturated heterocycles. The molecule has 2 N–H and O–H groups in total. The molecule has 188 valence electrons. The zero-order chi connectivity index (χ0) is 26.6. The van der Waals surface area contributed by atoms with E-state index in [1.807, 2.05) is 0 Å². The summed E-state index contributed by atoms with van der Waals surface area (Å²) >= 11 is 0. The van der Waals surface area contributed by atoms with Crippen molar-refractivity contribution in [3.05, 3.63) is 71.3 Å². The summed E-state index contributed by atoms with van der Waals surface area (Å²) in [5.74, 6) is -2.26. The molecule has 36 heavy (non-hydrogen) atoms. The largest absolute Gasteiger partial charge is 0.507 e. The van der Waals surface area contributed by atoms with Crippen molar-refractivity contribution < 1.29 is 38.8 Å². The second-order valence-corrected chi connectivity index (χ2v) is 9.08. The second kappa shape index (κ2) is 10.5. The van der Waals surface area contributed by atoms with Crippen LogP contribution in [0.1, 0.15) is 47.1 Å². The molecular weight excluding hydrogens is 464 g/mol. The van der Waals surface area contributed by atoms with E-state index in [-0.39, 0.29) is 29.0 Å². The maximum absolute atomic E-state index is 12.7. The average molecular weight is 493 g/mol. The highest BCUT2D eigenvalue weighted by molar-refractivity contribution is 5.94. The summed E-state index contributed by atoms with van der Waals surface area (Å²) in [5.41, 5.74) is 2.50. The van der Waals surface area contributed by atoms with Gasteiger partial charge in [0.25, 0.3) is 0 Å². The molecule has 0 aliphatic rings. The molecule has 0 radical (unpaired) electrons. The van der Waals surface area contributed by atoms with E-state index < -0.39 is 23.5 Å². The normalized spacial score (nSPS) is 11.0. The first-order valence-corrected chi connectivity index (χ1v) is 11.1. The van der Waals surface area contributed by atoms with Crippen LogP contribution in [-0.2, 0) is 25.4 Å². The number of hydrogen-bond donors (Lipinski definition) is 2. The molecule has 0 saturated carbocycles. The van der Waals surface area contributed by atoms with Crippen molar-refractivity contribution >= 4 is 17.9 Å². The number of aromatic hydroxyl groups is 2. The highest BCUT2D eigenvalue weighted by atomic mass is 16.6. The van der Waals surface area contributed by atoms with Crippen LogP contribution in [0, 0.1) is 0 Å². The fourth-order valence-corrected chi connectivity index (χ4v) is 3.71. The molecule has 0 atom stereocenters. The van der Waals surface area contributed by atoms with Crippen LogP contribution in [0.2, 0.25) is 0 Å². The summed E-state index contributed by atoms with van der Waals surface area (Å²) in [6.07, 6.45) is -0.0633. The molecule has 0 amide bonds. The highest BCUT2D eigenvalue weighted by Crippen LogP contribution is 2.34. The van der Waals surface area contributed by atoms with E-state index in [0.29, 0.717) is 27.8 Å². The quantitative estimate of drug-likeness (QED) is 0.369. The van der Waals surface area contributed by atoms with Crippen LogP contribution in [0.25, 0.3) is 22.3 Å². The number of hydrogen-bond acceptors (Lipinski definition) is 8. The van der Waals surface area contributed by atoms with Crippen LogP contribution in [0.3, 0.4) is 0 Å². The molecule has 0 aromatic heterocycles. The van der Waals surface area contributed by atoms with Gasteiger partial charge in [0.15, 0.2) is 0 Å². The summed E-state index contributed by atoms with van der Waals surface area (Å²) in [4.78, 5) is 36.3. The lowest BCUT2D eigenvalue weighted by molar-refractivity contribution is -0.153. The Bertz CT molecular complexity index is 1320. The molecule has 3 rings (SSSR count). The van der Waals surface area contributed by atoms with Crippen LogP contribution < -0.4 is 0 Å². The van der Waals surface area contributed by atoms with Gasteiger partial charge >= 0.3 is 17.9 Å². The van der Waals surface area contributed by atoms with Gasteiger partial charge in [0, 0.05) is 0 Å². The van der Waals surface area contributed by atoms with Gasteiger partial charge in [-0.2, -0.15) is 0 Å². The van der Waals surface area contributed by atoms with Crippen molar-refractivity contribution in [3.8, 4) is 33.8 Å². The second-order valence-electron chi connectivity index (χ2n) is 9.08. The van der Waals surface area contributed by atoms with Gasteiger partial charge in [-0.25, -0.2) is 9.59 Å². The Labute approximate surface area is 209 Å². The molecule has 0 bridgehead atoms. The Balaban J connectivity index is 2.08. The Morgan fingerprint density at radius 1 is 0.722 bits per heavy atom. The predicted molar refractivity (Wildman–Crippen MR) is 133 cm³/mol. The van der Waals surface area contributed by atoms with Crippen LogP contribution in [0.4, 0.5) is 0 Å². The van der Waals surface area contributed by atoms with E-state index in [1.54, 1.807) is 51.1 Å². The smallest absolute Gasteiger partial charge is 0.341 e. The average Bonchev–Trinajstić information content (AvgIpc) is 2.81. The van der Waals surface area contributed by atoms with E-state index in [2.05, 4.69) is 9.47 Å². The van der Waals surface area contributed by atoms with Gasteiger partial charge < -0.3 is 24.4 Å². The number of ether oxygens (including phenoxy) is 3. The molecular formula is C28H28O8. The first-order valence-electron chi connectivity index (χ1n) is 11.1. The lowest BCUT2D eigenvalue weighted by Crippen LogP contribution is -2.25.